The topological polar surface area (TPSA) is 88.3 Å². The van der Waals surface area contributed by atoms with Gasteiger partial charge in [-0.3, -0.25) is 0 Å². The maximum absolute atomic E-state index is 12.1. The number of likely N-dealkylation sites (tertiary alicyclic amines) is 1. The minimum atomic E-state index is -3.33. The summed E-state index contributed by atoms with van der Waals surface area (Å²) >= 11 is 1.13. The molecule has 3 N–H and O–H groups in total. The first-order chi connectivity index (χ1) is 10.0. The van der Waals surface area contributed by atoms with Gasteiger partial charge in [0.25, 0.3) is 0 Å². The molecule has 0 aromatic carbocycles. The molecule has 0 unspecified atom stereocenters. The third kappa shape index (κ3) is 4.31. The SMILES string of the molecule is CCS(=O)(=O)c1c(N)nsc1NCCN1CCCCCC1. The van der Waals surface area contributed by atoms with E-state index in [-0.39, 0.29) is 16.5 Å². The number of hydrogen-bond acceptors (Lipinski definition) is 7. The molecular weight excluding hydrogens is 308 g/mol. The fourth-order valence-electron chi connectivity index (χ4n) is 2.54. The maximum atomic E-state index is 12.1. The number of nitrogens with zero attached hydrogens (tertiary/aromatic N) is 2. The summed E-state index contributed by atoms with van der Waals surface area (Å²) in [6.45, 7) is 5.52. The number of nitrogen functional groups attached to an aromatic ring is 1. The summed E-state index contributed by atoms with van der Waals surface area (Å²) in [6.07, 6.45) is 5.13. The second kappa shape index (κ2) is 7.42. The molecule has 1 fully saturated rings. The van der Waals surface area contributed by atoms with E-state index in [2.05, 4.69) is 14.6 Å². The highest BCUT2D eigenvalue weighted by Gasteiger charge is 2.23. The van der Waals surface area contributed by atoms with Gasteiger partial charge < -0.3 is 16.0 Å². The predicted octanol–water partition coefficient (Wildman–Crippen LogP) is 1.81. The Balaban J connectivity index is 1.94. The molecule has 0 amide bonds. The molecule has 1 aromatic rings. The number of aromatic nitrogens is 1. The first kappa shape index (κ1) is 16.5. The third-order valence-corrected chi connectivity index (χ3v) is 6.52. The van der Waals surface area contributed by atoms with Crippen molar-refractivity contribution in [2.45, 2.75) is 37.5 Å². The van der Waals surface area contributed by atoms with Gasteiger partial charge in [0, 0.05) is 13.1 Å². The molecule has 1 aliphatic heterocycles. The lowest BCUT2D eigenvalue weighted by Gasteiger charge is -2.19. The molecule has 21 heavy (non-hydrogen) atoms. The van der Waals surface area contributed by atoms with Crippen molar-refractivity contribution in [3.63, 3.8) is 0 Å². The minimum absolute atomic E-state index is 0.0381. The Labute approximate surface area is 130 Å². The van der Waals surface area contributed by atoms with Gasteiger partial charge in [0.05, 0.1) is 5.75 Å². The third-order valence-electron chi connectivity index (χ3n) is 3.78. The summed E-state index contributed by atoms with van der Waals surface area (Å²) in [5.41, 5.74) is 5.71. The molecule has 0 spiro atoms. The van der Waals surface area contributed by atoms with Crippen molar-refractivity contribution >= 4 is 32.2 Å². The van der Waals surface area contributed by atoms with Crippen LogP contribution in [-0.2, 0) is 9.84 Å². The molecule has 2 rings (SSSR count). The van der Waals surface area contributed by atoms with Crippen molar-refractivity contribution in [3.8, 4) is 0 Å². The quantitative estimate of drug-likeness (QED) is 0.826. The first-order valence-corrected chi connectivity index (χ1v) is 9.91. The smallest absolute Gasteiger partial charge is 0.184 e. The zero-order valence-electron chi connectivity index (χ0n) is 12.5. The Kier molecular flexibility index (Phi) is 5.83. The van der Waals surface area contributed by atoms with Crippen LogP contribution in [0.25, 0.3) is 0 Å². The van der Waals surface area contributed by atoms with Crippen LogP contribution in [0.5, 0.6) is 0 Å². The second-order valence-electron chi connectivity index (χ2n) is 5.31. The number of anilines is 2. The molecule has 2 heterocycles. The maximum Gasteiger partial charge on any atom is 0.184 e. The van der Waals surface area contributed by atoms with Crippen LogP contribution in [0, 0.1) is 0 Å². The minimum Gasteiger partial charge on any atom is -0.382 e. The van der Waals surface area contributed by atoms with Crippen molar-refractivity contribution in [1.82, 2.24) is 9.27 Å². The van der Waals surface area contributed by atoms with Crippen LogP contribution >= 0.6 is 11.5 Å². The average Bonchev–Trinajstić information content (AvgIpc) is 2.67. The van der Waals surface area contributed by atoms with E-state index in [1.54, 1.807) is 6.92 Å². The van der Waals surface area contributed by atoms with Crippen molar-refractivity contribution in [3.05, 3.63) is 0 Å². The van der Waals surface area contributed by atoms with E-state index in [0.717, 1.165) is 31.2 Å². The van der Waals surface area contributed by atoms with E-state index >= 15 is 0 Å². The normalized spacial score (nSPS) is 17.6. The van der Waals surface area contributed by atoms with Gasteiger partial charge in [-0.1, -0.05) is 19.8 Å². The summed E-state index contributed by atoms with van der Waals surface area (Å²) in [7, 11) is -3.33. The first-order valence-electron chi connectivity index (χ1n) is 7.48. The van der Waals surface area contributed by atoms with Gasteiger partial charge in [0.15, 0.2) is 15.7 Å². The monoisotopic (exact) mass is 332 g/mol. The molecule has 1 saturated heterocycles. The number of sulfone groups is 1. The summed E-state index contributed by atoms with van der Waals surface area (Å²) in [6, 6.07) is 0. The molecule has 0 atom stereocenters. The largest absolute Gasteiger partial charge is 0.382 e. The summed E-state index contributed by atoms with van der Waals surface area (Å²) in [5.74, 6) is 0.148. The second-order valence-corrected chi connectivity index (χ2v) is 8.30. The van der Waals surface area contributed by atoms with Gasteiger partial charge in [-0.05, 0) is 37.5 Å². The van der Waals surface area contributed by atoms with Gasteiger partial charge in [-0.25, -0.2) is 8.42 Å². The highest BCUT2D eigenvalue weighted by Crippen LogP contribution is 2.32. The van der Waals surface area contributed by atoms with E-state index < -0.39 is 9.84 Å². The predicted molar refractivity (Wildman–Crippen MR) is 87.7 cm³/mol. The molecule has 0 bridgehead atoms. The number of nitrogens with two attached hydrogens (primary N) is 1. The molecule has 0 radical (unpaired) electrons. The van der Waals surface area contributed by atoms with Gasteiger partial charge in [-0.15, -0.1) is 0 Å². The number of nitrogens with one attached hydrogen (secondary N) is 1. The van der Waals surface area contributed by atoms with E-state index in [4.69, 9.17) is 5.73 Å². The molecule has 1 aliphatic rings. The lowest BCUT2D eigenvalue weighted by Crippen LogP contribution is -2.30. The molecule has 8 heteroatoms. The van der Waals surface area contributed by atoms with E-state index in [0.29, 0.717) is 11.5 Å². The lowest BCUT2D eigenvalue weighted by atomic mass is 10.2. The molecule has 6 nitrogen and oxygen atoms in total. The molecular formula is C13H24N4O2S2. The lowest BCUT2D eigenvalue weighted by molar-refractivity contribution is 0.296. The standard InChI is InChI=1S/C13H24N4O2S2/c1-2-21(18,19)11-12(14)16-20-13(11)15-7-10-17-8-5-3-4-6-9-17/h15H,2-10H2,1H3,(H2,14,16). The van der Waals surface area contributed by atoms with Gasteiger partial charge in [0.1, 0.15) is 9.90 Å². The Hall–Kier alpha value is -0.860. The summed E-state index contributed by atoms with van der Waals surface area (Å²) in [4.78, 5) is 2.60. The number of hydrogen-bond donors (Lipinski definition) is 2. The number of rotatable bonds is 6. The van der Waals surface area contributed by atoms with Crippen LogP contribution in [0.15, 0.2) is 4.90 Å². The molecule has 0 aliphatic carbocycles. The van der Waals surface area contributed by atoms with Gasteiger partial charge >= 0.3 is 0 Å². The van der Waals surface area contributed by atoms with Crippen LogP contribution in [0.2, 0.25) is 0 Å². The summed E-state index contributed by atoms with van der Waals surface area (Å²) in [5, 5.41) is 3.77. The molecule has 120 valence electrons. The zero-order valence-corrected chi connectivity index (χ0v) is 14.1. The fourth-order valence-corrected chi connectivity index (χ4v) is 4.73. The summed E-state index contributed by atoms with van der Waals surface area (Å²) < 4.78 is 28.1. The Bertz CT molecular complexity index is 549. The van der Waals surface area contributed by atoms with Crippen LogP contribution in [0.3, 0.4) is 0 Å². The Morgan fingerprint density at radius 1 is 1.29 bits per heavy atom. The van der Waals surface area contributed by atoms with Gasteiger partial charge in [-0.2, -0.15) is 4.37 Å². The van der Waals surface area contributed by atoms with Crippen LogP contribution in [0.1, 0.15) is 32.6 Å². The van der Waals surface area contributed by atoms with E-state index in [1.165, 1.54) is 25.7 Å². The Morgan fingerprint density at radius 3 is 2.57 bits per heavy atom. The fraction of sp³-hybridized carbons (Fsp3) is 0.769. The highest BCUT2D eigenvalue weighted by atomic mass is 32.2. The van der Waals surface area contributed by atoms with Crippen molar-refractivity contribution < 1.29 is 8.42 Å². The van der Waals surface area contributed by atoms with Crippen molar-refractivity contribution in [2.24, 2.45) is 0 Å². The van der Waals surface area contributed by atoms with Crippen LogP contribution in [0.4, 0.5) is 10.8 Å². The van der Waals surface area contributed by atoms with Crippen molar-refractivity contribution in [2.75, 3.05) is 43.0 Å². The van der Waals surface area contributed by atoms with Crippen LogP contribution in [-0.4, -0.2) is 49.6 Å². The Morgan fingerprint density at radius 2 is 1.95 bits per heavy atom. The highest BCUT2D eigenvalue weighted by molar-refractivity contribution is 7.91. The van der Waals surface area contributed by atoms with Crippen molar-refractivity contribution in [1.29, 1.82) is 0 Å². The van der Waals surface area contributed by atoms with E-state index in [9.17, 15) is 8.42 Å². The average molecular weight is 332 g/mol. The van der Waals surface area contributed by atoms with Gasteiger partial charge in [0.2, 0.25) is 0 Å². The molecule has 1 aromatic heterocycles. The van der Waals surface area contributed by atoms with E-state index in [1.807, 2.05) is 0 Å². The zero-order chi connectivity index (χ0) is 15.3. The van der Waals surface area contributed by atoms with Crippen LogP contribution < -0.4 is 11.1 Å². The molecule has 0 saturated carbocycles.